The zero-order valence-corrected chi connectivity index (χ0v) is 26.3. The average molecular weight is 702 g/mol. The van der Waals surface area contributed by atoms with E-state index in [4.69, 9.17) is 55.9 Å². The number of carbonyl (C=O) groups excluding carboxylic acids is 1. The maximum Gasteiger partial charge on any atom is 0.434 e. The summed E-state index contributed by atoms with van der Waals surface area (Å²) in [5.41, 5.74) is -1.64. The Morgan fingerprint density at radius 2 is 1.70 bits per heavy atom. The summed E-state index contributed by atoms with van der Waals surface area (Å²) in [4.78, 5) is 30.4. The number of allylic oxidation sites excluding steroid dienone is 1. The molecule has 1 atom stereocenters. The summed E-state index contributed by atoms with van der Waals surface area (Å²) in [5.74, 6) is -0.908. The Hall–Kier alpha value is -3.28. The molecule has 14 heteroatoms. The first kappa shape index (κ1) is 32.1. The molecular weight excluding hydrogens is 683 g/mol. The lowest BCUT2D eigenvalue weighted by molar-refractivity contribution is -0.140. The van der Waals surface area contributed by atoms with Crippen molar-refractivity contribution in [1.29, 1.82) is 0 Å². The number of carbonyl (C=O) groups is 1. The van der Waals surface area contributed by atoms with Crippen molar-refractivity contribution in [2.75, 3.05) is 6.61 Å². The van der Waals surface area contributed by atoms with E-state index >= 15 is 0 Å². The van der Waals surface area contributed by atoms with Crippen LogP contribution < -0.4 is 19.6 Å². The largest absolute Gasteiger partial charge is 0.488 e. The second-order valence-electron chi connectivity index (χ2n) is 9.33. The summed E-state index contributed by atoms with van der Waals surface area (Å²) in [7, 11) is 0. The van der Waals surface area contributed by atoms with Crippen molar-refractivity contribution in [3.8, 4) is 5.75 Å². The van der Waals surface area contributed by atoms with Gasteiger partial charge in [0.15, 0.2) is 10.5 Å². The SMILES string of the molecule is CCOC(=O)C1=C(C(F)(F)F)N=c2s/c(=C\c3cc(Cl)ccc3OCc3ccc(Cl)c(Cl)c3)c(=O)n2[C@H]1c1ccc(Cl)cc1. The molecule has 0 fully saturated rings. The molecule has 0 radical (unpaired) electrons. The second-order valence-corrected chi connectivity index (χ2v) is 12.0. The van der Waals surface area contributed by atoms with Crippen LogP contribution in [0.15, 0.2) is 81.7 Å². The van der Waals surface area contributed by atoms with Crippen LogP contribution in [0, 0.1) is 0 Å². The van der Waals surface area contributed by atoms with Gasteiger partial charge in [-0.15, -0.1) is 0 Å². The van der Waals surface area contributed by atoms with Gasteiger partial charge in [-0.2, -0.15) is 13.2 Å². The maximum absolute atomic E-state index is 14.3. The van der Waals surface area contributed by atoms with Crippen molar-refractivity contribution in [3.05, 3.63) is 128 Å². The van der Waals surface area contributed by atoms with Crippen molar-refractivity contribution < 1.29 is 27.4 Å². The first-order valence-corrected chi connectivity index (χ1v) is 15.1. The number of thiazole rings is 1. The molecule has 5 rings (SSSR count). The monoisotopic (exact) mass is 700 g/mol. The van der Waals surface area contributed by atoms with Crippen LogP contribution in [-0.2, 0) is 16.1 Å². The number of nitrogens with zero attached hydrogens (tertiary/aromatic N) is 2. The highest BCUT2D eigenvalue weighted by Crippen LogP contribution is 2.38. The summed E-state index contributed by atoms with van der Waals surface area (Å²) in [6.07, 6.45) is -3.58. The predicted molar refractivity (Wildman–Crippen MR) is 164 cm³/mol. The summed E-state index contributed by atoms with van der Waals surface area (Å²) in [5, 5.41) is 1.37. The van der Waals surface area contributed by atoms with Crippen molar-refractivity contribution in [2.45, 2.75) is 25.7 Å². The second kappa shape index (κ2) is 13.0. The summed E-state index contributed by atoms with van der Waals surface area (Å²) >= 11 is 25.1. The van der Waals surface area contributed by atoms with Gasteiger partial charge in [0, 0.05) is 15.6 Å². The third-order valence-corrected chi connectivity index (χ3v) is 8.63. The first-order valence-electron chi connectivity index (χ1n) is 12.8. The molecule has 0 spiro atoms. The minimum atomic E-state index is -5.03. The summed E-state index contributed by atoms with van der Waals surface area (Å²) in [6, 6.07) is 14.0. The minimum absolute atomic E-state index is 0.0241. The fourth-order valence-electron chi connectivity index (χ4n) is 4.50. The average Bonchev–Trinajstić information content (AvgIpc) is 3.28. The Morgan fingerprint density at radius 1 is 1.00 bits per heavy atom. The standard InChI is InChI=1S/C30H19Cl4F3N2O4S/c1-2-42-28(41)24-25(16-4-6-18(31)7-5-16)39-27(40)23(44-29(39)38-26(24)30(35,36)37)13-17-12-19(32)8-10-22(17)43-14-15-3-9-20(33)21(34)11-15/h3-13,25H,2,14H2,1H3/b23-13-/t25-/m0/s1. The van der Waals surface area contributed by atoms with Gasteiger partial charge >= 0.3 is 12.1 Å². The lowest BCUT2D eigenvalue weighted by Crippen LogP contribution is -2.41. The van der Waals surface area contributed by atoms with E-state index < -0.39 is 35.0 Å². The normalized spacial score (nSPS) is 15.2. The van der Waals surface area contributed by atoms with Gasteiger partial charge in [-0.1, -0.05) is 75.9 Å². The van der Waals surface area contributed by atoms with Crippen LogP contribution in [0.4, 0.5) is 13.2 Å². The van der Waals surface area contributed by atoms with Gasteiger partial charge in [-0.3, -0.25) is 9.36 Å². The van der Waals surface area contributed by atoms with E-state index in [1.807, 2.05) is 0 Å². The van der Waals surface area contributed by atoms with Crippen LogP contribution in [0.25, 0.3) is 6.08 Å². The molecular formula is C30H19Cl4F3N2O4S. The molecule has 0 saturated heterocycles. The van der Waals surface area contributed by atoms with Gasteiger partial charge in [-0.25, -0.2) is 9.79 Å². The third-order valence-electron chi connectivity index (χ3n) is 6.42. The molecule has 2 heterocycles. The number of fused-ring (bicyclic) bond motifs is 1. The molecule has 0 unspecified atom stereocenters. The molecule has 6 nitrogen and oxygen atoms in total. The number of alkyl halides is 3. The number of aromatic nitrogens is 1. The van der Waals surface area contributed by atoms with Crippen LogP contribution >= 0.6 is 57.7 Å². The van der Waals surface area contributed by atoms with Crippen molar-refractivity contribution in [1.82, 2.24) is 4.57 Å². The zero-order chi connectivity index (χ0) is 31.8. The molecule has 4 aromatic rings. The lowest BCUT2D eigenvalue weighted by Gasteiger charge is -2.26. The molecule has 0 amide bonds. The van der Waals surface area contributed by atoms with Crippen LogP contribution in [0.1, 0.15) is 29.7 Å². The molecule has 228 valence electrons. The number of esters is 1. The van der Waals surface area contributed by atoms with Crippen LogP contribution in [-0.4, -0.2) is 23.3 Å². The number of hydrogen-bond donors (Lipinski definition) is 0. The fraction of sp³-hybridized carbons (Fsp3) is 0.167. The molecule has 1 aliphatic rings. The zero-order valence-electron chi connectivity index (χ0n) is 22.4. The van der Waals surface area contributed by atoms with Crippen LogP contribution in [0.5, 0.6) is 5.75 Å². The Labute approximate surface area is 272 Å². The molecule has 44 heavy (non-hydrogen) atoms. The van der Waals surface area contributed by atoms with Gasteiger partial charge in [0.05, 0.1) is 32.8 Å². The number of ether oxygens (including phenoxy) is 2. The molecule has 0 saturated carbocycles. The quantitative estimate of drug-likeness (QED) is 0.187. The summed E-state index contributed by atoms with van der Waals surface area (Å²) < 4.78 is 55.1. The number of hydrogen-bond acceptors (Lipinski definition) is 6. The van der Waals surface area contributed by atoms with E-state index in [9.17, 15) is 22.8 Å². The van der Waals surface area contributed by atoms with E-state index in [-0.39, 0.29) is 28.1 Å². The molecule has 1 aliphatic heterocycles. The van der Waals surface area contributed by atoms with Crippen LogP contribution in [0.2, 0.25) is 20.1 Å². The molecule has 0 bridgehead atoms. The van der Waals surface area contributed by atoms with E-state index in [2.05, 4.69) is 4.99 Å². The van der Waals surface area contributed by atoms with Crippen molar-refractivity contribution in [3.63, 3.8) is 0 Å². The maximum atomic E-state index is 14.3. The fourth-order valence-corrected chi connectivity index (χ4v) is 6.12. The molecule has 0 aliphatic carbocycles. The smallest absolute Gasteiger partial charge is 0.434 e. The summed E-state index contributed by atoms with van der Waals surface area (Å²) in [6.45, 7) is 1.37. The minimum Gasteiger partial charge on any atom is -0.488 e. The van der Waals surface area contributed by atoms with Gasteiger partial charge in [0.2, 0.25) is 0 Å². The van der Waals surface area contributed by atoms with Crippen molar-refractivity contribution in [2.24, 2.45) is 4.99 Å². The lowest BCUT2D eigenvalue weighted by atomic mass is 9.95. The molecule has 3 aromatic carbocycles. The van der Waals surface area contributed by atoms with Crippen molar-refractivity contribution >= 4 is 69.8 Å². The van der Waals surface area contributed by atoms with E-state index in [0.29, 0.717) is 37.0 Å². The Morgan fingerprint density at radius 3 is 2.36 bits per heavy atom. The Balaban J connectivity index is 1.67. The van der Waals surface area contributed by atoms with Gasteiger partial charge in [0.25, 0.3) is 5.56 Å². The first-order chi connectivity index (χ1) is 20.9. The molecule has 0 N–H and O–H groups in total. The predicted octanol–water partition coefficient (Wildman–Crippen LogP) is 7.53. The number of halogens is 7. The third kappa shape index (κ3) is 6.69. The topological polar surface area (TPSA) is 69.9 Å². The highest BCUT2D eigenvalue weighted by Gasteiger charge is 2.45. The number of rotatable bonds is 7. The Kier molecular flexibility index (Phi) is 9.48. The molecule has 1 aromatic heterocycles. The van der Waals surface area contributed by atoms with Gasteiger partial charge < -0.3 is 9.47 Å². The van der Waals surface area contributed by atoms with Gasteiger partial charge in [0.1, 0.15) is 12.4 Å². The van der Waals surface area contributed by atoms with E-state index in [1.165, 1.54) is 37.3 Å². The van der Waals surface area contributed by atoms with E-state index in [0.717, 1.165) is 15.9 Å². The van der Waals surface area contributed by atoms with Gasteiger partial charge in [-0.05, 0) is 66.6 Å². The highest BCUT2D eigenvalue weighted by atomic mass is 35.5. The van der Waals surface area contributed by atoms with E-state index in [1.54, 1.807) is 36.4 Å². The number of benzene rings is 3. The van der Waals surface area contributed by atoms with Crippen LogP contribution in [0.3, 0.4) is 0 Å². The highest BCUT2D eigenvalue weighted by molar-refractivity contribution is 7.07. The Bertz CT molecular complexity index is 1970.